The van der Waals surface area contributed by atoms with Gasteiger partial charge in [0.2, 0.25) is 11.8 Å². The van der Waals surface area contributed by atoms with Crippen LogP contribution < -0.4 is 15.4 Å². The van der Waals surface area contributed by atoms with Crippen LogP contribution in [0, 0.1) is 0 Å². The molecule has 10 heteroatoms. The van der Waals surface area contributed by atoms with Gasteiger partial charge in [0.05, 0.1) is 18.0 Å². The number of rotatable bonds is 9. The maximum Gasteiger partial charge on any atom is 0.244 e. The lowest BCUT2D eigenvalue weighted by Gasteiger charge is -2.14. The van der Waals surface area contributed by atoms with Crippen molar-refractivity contribution in [2.45, 2.75) is 19.1 Å². The highest BCUT2D eigenvalue weighted by atomic mass is 32.2. The summed E-state index contributed by atoms with van der Waals surface area (Å²) >= 11 is 1.19. The molecule has 0 radical (unpaired) electrons. The molecule has 3 rings (SSSR count). The molecular weight excluding hydrogens is 450 g/mol. The first-order valence-corrected chi connectivity index (χ1v) is 12.4. The number of carbonyl (C=O) groups excluding carboxylic acids is 2. The lowest BCUT2D eigenvalue weighted by Crippen LogP contribution is -2.37. The number of nitrogens with one attached hydrogen (secondary N) is 2. The molecule has 0 aliphatic carbocycles. The van der Waals surface area contributed by atoms with Crippen molar-refractivity contribution in [2.24, 2.45) is 0 Å². The van der Waals surface area contributed by atoms with E-state index in [9.17, 15) is 18.0 Å². The average Bonchev–Trinajstić information content (AvgIpc) is 3.23. The van der Waals surface area contributed by atoms with Gasteiger partial charge in [0, 0.05) is 10.9 Å². The molecule has 0 fully saturated rings. The quantitative estimate of drug-likeness (QED) is 0.491. The fourth-order valence-electron chi connectivity index (χ4n) is 2.79. The predicted octanol–water partition coefficient (Wildman–Crippen LogP) is 3.59. The zero-order valence-electron chi connectivity index (χ0n) is 17.6. The Morgan fingerprint density at radius 2 is 1.75 bits per heavy atom. The summed E-state index contributed by atoms with van der Waals surface area (Å²) in [5.74, 6) is -1.90. The zero-order valence-corrected chi connectivity index (χ0v) is 19.2. The van der Waals surface area contributed by atoms with Gasteiger partial charge >= 0.3 is 0 Å². The van der Waals surface area contributed by atoms with Gasteiger partial charge in [-0.15, -0.1) is 11.3 Å². The Balaban J connectivity index is 1.62. The van der Waals surface area contributed by atoms with Crippen LogP contribution in [0.4, 0.5) is 10.8 Å². The molecule has 2 aromatic carbocycles. The topological polar surface area (TPSA) is 114 Å². The van der Waals surface area contributed by atoms with E-state index in [0.717, 1.165) is 5.56 Å². The highest BCUT2D eigenvalue weighted by Gasteiger charge is 2.31. The highest BCUT2D eigenvalue weighted by molar-refractivity contribution is 7.93. The van der Waals surface area contributed by atoms with Crippen LogP contribution in [-0.2, 0) is 19.4 Å². The summed E-state index contributed by atoms with van der Waals surface area (Å²) in [7, 11) is -4.06. The Morgan fingerprint density at radius 1 is 1.06 bits per heavy atom. The molecule has 0 aliphatic rings. The highest BCUT2D eigenvalue weighted by Crippen LogP contribution is 2.25. The molecule has 1 atom stereocenters. The fourth-order valence-corrected chi connectivity index (χ4v) is 4.58. The Kier molecular flexibility index (Phi) is 7.60. The van der Waals surface area contributed by atoms with Crippen molar-refractivity contribution < 1.29 is 22.7 Å². The lowest BCUT2D eigenvalue weighted by molar-refractivity contribution is -0.115. The second kappa shape index (κ2) is 10.4. The first-order valence-electron chi connectivity index (χ1n) is 9.85. The molecule has 1 unspecified atom stereocenters. The molecule has 32 heavy (non-hydrogen) atoms. The van der Waals surface area contributed by atoms with Gasteiger partial charge in [-0.3, -0.25) is 9.59 Å². The number of carbonyl (C=O) groups is 2. The van der Waals surface area contributed by atoms with Gasteiger partial charge in [-0.25, -0.2) is 13.4 Å². The molecule has 0 saturated carbocycles. The number of aromatic nitrogens is 1. The third kappa shape index (κ3) is 5.92. The molecule has 2 amide bonds. The minimum atomic E-state index is -4.06. The van der Waals surface area contributed by atoms with Gasteiger partial charge in [-0.05, 0) is 26.0 Å². The zero-order chi connectivity index (χ0) is 23.1. The molecule has 0 bridgehead atoms. The van der Waals surface area contributed by atoms with Gasteiger partial charge in [-0.2, -0.15) is 0 Å². The average molecular weight is 474 g/mol. The predicted molar refractivity (Wildman–Crippen MR) is 126 cm³/mol. The van der Waals surface area contributed by atoms with Crippen molar-refractivity contribution in [3.63, 3.8) is 0 Å². The van der Waals surface area contributed by atoms with E-state index in [1.54, 1.807) is 36.6 Å². The maximum absolute atomic E-state index is 12.6. The van der Waals surface area contributed by atoms with Crippen LogP contribution in [0.5, 0.6) is 5.75 Å². The van der Waals surface area contributed by atoms with Crippen LogP contribution in [0.15, 0.2) is 60.0 Å². The molecule has 3 aromatic rings. The third-order valence-corrected chi connectivity index (χ3v) is 7.22. The SMILES string of the molecule is CCOc1ccccc1NC(=O)CS(=O)(=O)C(C)C(=O)Nc1nc(-c2ccccc2)cs1. The first kappa shape index (κ1) is 23.4. The Labute approximate surface area is 190 Å². The number of ether oxygens (including phenoxy) is 1. The van der Waals surface area contributed by atoms with Gasteiger partial charge < -0.3 is 15.4 Å². The summed E-state index contributed by atoms with van der Waals surface area (Å²) in [6.45, 7) is 3.44. The van der Waals surface area contributed by atoms with Crippen LogP contribution in [0.3, 0.4) is 0 Å². The van der Waals surface area contributed by atoms with E-state index in [0.29, 0.717) is 23.7 Å². The number of sulfone groups is 1. The van der Waals surface area contributed by atoms with Crippen LogP contribution >= 0.6 is 11.3 Å². The van der Waals surface area contributed by atoms with Gasteiger partial charge in [-0.1, -0.05) is 42.5 Å². The number of amides is 2. The van der Waals surface area contributed by atoms with Gasteiger partial charge in [0.15, 0.2) is 15.0 Å². The standard InChI is InChI=1S/C22H23N3O5S2/c1-3-30-19-12-8-7-11-17(19)23-20(26)14-32(28,29)15(2)21(27)25-22-24-18(13-31-22)16-9-5-4-6-10-16/h4-13,15H,3,14H2,1-2H3,(H,23,26)(H,24,25,27). The Morgan fingerprint density at radius 3 is 2.47 bits per heavy atom. The molecule has 0 spiro atoms. The smallest absolute Gasteiger partial charge is 0.244 e. The third-order valence-electron chi connectivity index (χ3n) is 4.51. The first-order chi connectivity index (χ1) is 15.3. The Bertz CT molecular complexity index is 1190. The summed E-state index contributed by atoms with van der Waals surface area (Å²) < 4.78 is 30.7. The van der Waals surface area contributed by atoms with E-state index in [-0.39, 0.29) is 5.13 Å². The number of benzene rings is 2. The van der Waals surface area contributed by atoms with E-state index in [1.165, 1.54) is 18.3 Å². The minimum Gasteiger partial charge on any atom is -0.492 e. The molecule has 0 aliphatic heterocycles. The van der Waals surface area contributed by atoms with Crippen molar-refractivity contribution in [2.75, 3.05) is 23.0 Å². The largest absolute Gasteiger partial charge is 0.492 e. The molecular formula is C22H23N3O5S2. The number of nitrogens with zero attached hydrogens (tertiary/aromatic N) is 1. The fraction of sp³-hybridized carbons (Fsp3) is 0.227. The van der Waals surface area contributed by atoms with E-state index >= 15 is 0 Å². The van der Waals surface area contributed by atoms with E-state index in [1.807, 2.05) is 30.3 Å². The second-order valence-electron chi connectivity index (χ2n) is 6.82. The summed E-state index contributed by atoms with van der Waals surface area (Å²) in [6.07, 6.45) is 0. The second-order valence-corrected chi connectivity index (χ2v) is 10.00. The van der Waals surface area contributed by atoms with Crippen LogP contribution in [0.1, 0.15) is 13.8 Å². The van der Waals surface area contributed by atoms with Crippen molar-refractivity contribution >= 4 is 43.8 Å². The van der Waals surface area contributed by atoms with Crippen LogP contribution in [-0.4, -0.2) is 42.8 Å². The molecule has 1 heterocycles. The van der Waals surface area contributed by atoms with E-state index in [4.69, 9.17) is 4.74 Å². The number of thiazole rings is 1. The van der Waals surface area contributed by atoms with Gasteiger partial charge in [0.1, 0.15) is 16.8 Å². The number of hydrogen-bond donors (Lipinski definition) is 2. The summed E-state index contributed by atoms with van der Waals surface area (Å²) in [4.78, 5) is 29.2. The van der Waals surface area contributed by atoms with Crippen molar-refractivity contribution in [1.29, 1.82) is 0 Å². The molecule has 168 valence electrons. The molecule has 2 N–H and O–H groups in total. The number of para-hydroxylation sites is 2. The molecule has 1 aromatic heterocycles. The van der Waals surface area contributed by atoms with Crippen LogP contribution in [0.2, 0.25) is 0 Å². The molecule has 8 nitrogen and oxygen atoms in total. The molecule has 0 saturated heterocycles. The minimum absolute atomic E-state index is 0.283. The van der Waals surface area contributed by atoms with Crippen molar-refractivity contribution in [1.82, 2.24) is 4.98 Å². The number of hydrogen-bond acceptors (Lipinski definition) is 7. The van der Waals surface area contributed by atoms with Crippen molar-refractivity contribution in [3.05, 3.63) is 60.0 Å². The summed E-state index contributed by atoms with van der Waals surface area (Å²) in [5.41, 5.74) is 1.92. The van der Waals surface area contributed by atoms with E-state index in [2.05, 4.69) is 15.6 Å². The Hall–Kier alpha value is -3.24. The van der Waals surface area contributed by atoms with E-state index < -0.39 is 32.7 Å². The van der Waals surface area contributed by atoms with Crippen LogP contribution in [0.25, 0.3) is 11.3 Å². The van der Waals surface area contributed by atoms with Crippen molar-refractivity contribution in [3.8, 4) is 17.0 Å². The summed E-state index contributed by atoms with van der Waals surface area (Å²) in [6, 6.07) is 16.1. The monoisotopic (exact) mass is 473 g/mol. The number of anilines is 2. The summed E-state index contributed by atoms with van der Waals surface area (Å²) in [5, 5.41) is 5.68. The van der Waals surface area contributed by atoms with Gasteiger partial charge in [0.25, 0.3) is 0 Å². The normalized spacial score (nSPS) is 12.1. The maximum atomic E-state index is 12.6. The lowest BCUT2D eigenvalue weighted by atomic mass is 10.2.